The fourth-order valence-electron chi connectivity index (χ4n) is 3.42. The summed E-state index contributed by atoms with van der Waals surface area (Å²) in [7, 11) is 0. The van der Waals surface area contributed by atoms with Crippen molar-refractivity contribution < 1.29 is 4.39 Å². The van der Waals surface area contributed by atoms with Crippen molar-refractivity contribution in [2.75, 3.05) is 36.4 Å². The van der Waals surface area contributed by atoms with Gasteiger partial charge in [-0.05, 0) is 69.2 Å². The van der Waals surface area contributed by atoms with Gasteiger partial charge in [-0.2, -0.15) is 4.99 Å². The molecule has 2 aliphatic rings. The number of anilines is 2. The van der Waals surface area contributed by atoms with Crippen molar-refractivity contribution in [3.05, 3.63) is 47.5 Å². The molecule has 1 saturated carbocycles. The maximum Gasteiger partial charge on any atom is 0.229 e. The average molecular weight is 428 g/mol. The summed E-state index contributed by atoms with van der Waals surface area (Å²) in [6.07, 6.45) is 2.27. The number of benzene rings is 1. The molecule has 1 aliphatic heterocycles. The van der Waals surface area contributed by atoms with Crippen LogP contribution in [-0.2, 0) is 0 Å². The van der Waals surface area contributed by atoms with E-state index in [0.717, 1.165) is 56.1 Å². The number of guanidine groups is 1. The molecule has 1 saturated heterocycles. The first kappa shape index (κ1) is 20.5. The second-order valence-corrected chi connectivity index (χ2v) is 8.10. The van der Waals surface area contributed by atoms with Crippen molar-refractivity contribution >= 4 is 34.9 Å². The quantitative estimate of drug-likeness (QED) is 0.443. The van der Waals surface area contributed by atoms with Crippen molar-refractivity contribution in [3.8, 4) is 0 Å². The first-order chi connectivity index (χ1) is 14.5. The number of aryl methyl sites for hydroxylation is 2. The topological polar surface area (TPSA) is 68.7 Å². The van der Waals surface area contributed by atoms with Crippen molar-refractivity contribution in [3.63, 3.8) is 0 Å². The lowest BCUT2D eigenvalue weighted by molar-refractivity contribution is 0.385. The van der Waals surface area contributed by atoms with E-state index in [4.69, 9.17) is 12.2 Å². The predicted molar refractivity (Wildman–Crippen MR) is 122 cm³/mol. The highest BCUT2D eigenvalue weighted by Crippen LogP contribution is 2.19. The van der Waals surface area contributed by atoms with E-state index in [2.05, 4.69) is 35.4 Å². The molecule has 0 radical (unpaired) electrons. The van der Waals surface area contributed by atoms with Crippen molar-refractivity contribution in [2.45, 2.75) is 32.7 Å². The third kappa shape index (κ3) is 5.41. The largest absolute Gasteiger partial charge is 0.368 e. The Bertz CT molecular complexity index is 915. The fourth-order valence-corrected chi connectivity index (χ4v) is 3.67. The van der Waals surface area contributed by atoms with Crippen LogP contribution in [0.25, 0.3) is 0 Å². The molecule has 2 heterocycles. The number of hydrogen-bond donors (Lipinski definition) is 2. The average Bonchev–Trinajstić information content (AvgIpc) is 3.51. The van der Waals surface area contributed by atoms with E-state index in [1.54, 1.807) is 0 Å². The van der Waals surface area contributed by atoms with Gasteiger partial charge in [0.15, 0.2) is 5.11 Å². The highest BCUT2D eigenvalue weighted by atomic mass is 32.1. The molecule has 158 valence electrons. The van der Waals surface area contributed by atoms with Crippen LogP contribution >= 0.6 is 12.2 Å². The van der Waals surface area contributed by atoms with E-state index in [9.17, 15) is 4.39 Å². The Labute approximate surface area is 181 Å². The summed E-state index contributed by atoms with van der Waals surface area (Å²) in [5.41, 5.74) is 2.80. The SMILES string of the molecule is Cc1cc(C)nc(N/C(=N/C(=S)NC2CC2)N2CCN(c3ccc(F)cc3)CC2)n1. The van der Waals surface area contributed by atoms with Gasteiger partial charge in [-0.15, -0.1) is 0 Å². The van der Waals surface area contributed by atoms with Crippen LogP contribution in [0.5, 0.6) is 0 Å². The van der Waals surface area contributed by atoms with Crippen LogP contribution in [-0.4, -0.2) is 58.2 Å². The molecule has 1 aliphatic carbocycles. The molecule has 0 atom stereocenters. The normalized spacial score (nSPS) is 17.1. The summed E-state index contributed by atoms with van der Waals surface area (Å²) in [5, 5.41) is 7.01. The van der Waals surface area contributed by atoms with E-state index < -0.39 is 0 Å². The molecule has 2 fully saturated rings. The minimum Gasteiger partial charge on any atom is -0.368 e. The predicted octanol–water partition coefficient (Wildman–Crippen LogP) is 2.86. The minimum absolute atomic E-state index is 0.221. The van der Waals surface area contributed by atoms with Crippen molar-refractivity contribution in [1.29, 1.82) is 0 Å². The molecule has 1 aromatic carbocycles. The Balaban J connectivity index is 1.48. The van der Waals surface area contributed by atoms with Crippen LogP contribution in [0.4, 0.5) is 16.0 Å². The third-order valence-electron chi connectivity index (χ3n) is 5.09. The number of nitrogens with zero attached hydrogens (tertiary/aromatic N) is 5. The second-order valence-electron chi connectivity index (χ2n) is 7.71. The Kier molecular flexibility index (Phi) is 6.08. The first-order valence-electron chi connectivity index (χ1n) is 10.2. The van der Waals surface area contributed by atoms with Gasteiger partial charge in [0.1, 0.15) is 5.82 Å². The Morgan fingerprint density at radius 3 is 2.30 bits per heavy atom. The number of aliphatic imine (C=N–C) groups is 1. The van der Waals surface area contributed by atoms with E-state index in [1.165, 1.54) is 12.1 Å². The lowest BCUT2D eigenvalue weighted by atomic mass is 10.2. The standard InChI is InChI=1S/C21H26FN7S/c1-14-13-15(2)24-19(23-14)26-20(27-21(30)25-17-5-6-17)29-11-9-28(10-12-29)18-7-3-16(22)4-8-18/h3-4,7-8,13,17H,5-6,9-12H2,1-2H3,(H2,23,24,25,26,27,30). The summed E-state index contributed by atoms with van der Waals surface area (Å²) in [6, 6.07) is 9.00. The van der Waals surface area contributed by atoms with Gasteiger partial charge in [0.2, 0.25) is 11.9 Å². The Hall–Kier alpha value is -2.81. The van der Waals surface area contributed by atoms with Gasteiger partial charge in [0, 0.05) is 49.3 Å². The molecule has 1 aromatic heterocycles. The zero-order valence-corrected chi connectivity index (χ0v) is 18.0. The zero-order valence-electron chi connectivity index (χ0n) is 17.2. The van der Waals surface area contributed by atoms with Gasteiger partial charge < -0.3 is 15.1 Å². The number of piperazine rings is 1. The molecule has 9 heteroatoms. The monoisotopic (exact) mass is 427 g/mol. The van der Waals surface area contributed by atoms with E-state index >= 15 is 0 Å². The molecule has 2 aromatic rings. The Morgan fingerprint density at radius 2 is 1.70 bits per heavy atom. The number of rotatable bonds is 3. The van der Waals surface area contributed by atoms with Gasteiger partial charge >= 0.3 is 0 Å². The van der Waals surface area contributed by atoms with Crippen LogP contribution in [0.3, 0.4) is 0 Å². The fraction of sp³-hybridized carbons (Fsp3) is 0.429. The van der Waals surface area contributed by atoms with Crippen LogP contribution in [0.15, 0.2) is 35.3 Å². The summed E-state index contributed by atoms with van der Waals surface area (Å²) in [6.45, 7) is 6.97. The molecule has 0 spiro atoms. The number of aromatic nitrogens is 2. The smallest absolute Gasteiger partial charge is 0.229 e. The van der Waals surface area contributed by atoms with Gasteiger partial charge in [-0.1, -0.05) is 0 Å². The van der Waals surface area contributed by atoms with Crippen molar-refractivity contribution in [2.24, 2.45) is 4.99 Å². The number of thiocarbonyl (C=S) groups is 1. The lowest BCUT2D eigenvalue weighted by Crippen LogP contribution is -2.51. The lowest BCUT2D eigenvalue weighted by Gasteiger charge is -2.37. The molecule has 30 heavy (non-hydrogen) atoms. The molecule has 4 rings (SSSR count). The molecule has 0 bridgehead atoms. The van der Waals surface area contributed by atoms with Crippen molar-refractivity contribution in [1.82, 2.24) is 20.2 Å². The number of nitrogens with one attached hydrogen (secondary N) is 2. The molecule has 7 nitrogen and oxygen atoms in total. The molecular weight excluding hydrogens is 401 g/mol. The molecule has 2 N–H and O–H groups in total. The molecule has 0 unspecified atom stereocenters. The maximum atomic E-state index is 13.2. The van der Waals surface area contributed by atoms with E-state index in [1.807, 2.05) is 32.0 Å². The highest BCUT2D eigenvalue weighted by molar-refractivity contribution is 7.80. The van der Waals surface area contributed by atoms with Crippen LogP contribution in [0.1, 0.15) is 24.2 Å². The summed E-state index contributed by atoms with van der Waals surface area (Å²) in [4.78, 5) is 18.0. The van der Waals surface area contributed by atoms with Crippen LogP contribution in [0.2, 0.25) is 0 Å². The number of hydrogen-bond acceptors (Lipinski definition) is 4. The minimum atomic E-state index is -0.221. The molecule has 0 amide bonds. The molecular formula is C21H26FN7S. The maximum absolute atomic E-state index is 13.2. The van der Waals surface area contributed by atoms with Gasteiger partial charge in [0.25, 0.3) is 0 Å². The summed E-state index contributed by atoms with van der Waals surface area (Å²) >= 11 is 5.44. The Morgan fingerprint density at radius 1 is 1.07 bits per heavy atom. The first-order valence-corrected chi connectivity index (χ1v) is 10.6. The summed E-state index contributed by atoms with van der Waals surface area (Å²) in [5.74, 6) is 0.944. The van der Waals surface area contributed by atoms with E-state index in [-0.39, 0.29) is 5.82 Å². The van der Waals surface area contributed by atoms with Gasteiger partial charge in [0.05, 0.1) is 0 Å². The van der Waals surface area contributed by atoms with Gasteiger partial charge in [-0.3, -0.25) is 5.32 Å². The number of halogens is 1. The zero-order chi connectivity index (χ0) is 21.1. The van der Waals surface area contributed by atoms with Gasteiger partial charge in [-0.25, -0.2) is 14.4 Å². The third-order valence-corrected chi connectivity index (χ3v) is 5.30. The van der Waals surface area contributed by atoms with E-state index in [0.29, 0.717) is 23.1 Å². The summed E-state index contributed by atoms with van der Waals surface area (Å²) < 4.78 is 13.2. The highest BCUT2D eigenvalue weighted by Gasteiger charge is 2.24. The second kappa shape index (κ2) is 8.91. The van der Waals surface area contributed by atoms with Crippen LogP contribution < -0.4 is 15.5 Å². The van der Waals surface area contributed by atoms with Crippen LogP contribution in [0, 0.1) is 19.7 Å².